The third-order valence-electron chi connectivity index (χ3n) is 2.40. The zero-order valence-corrected chi connectivity index (χ0v) is 10.6. The fourth-order valence-electron chi connectivity index (χ4n) is 1.11. The molecule has 0 bridgehead atoms. The van der Waals surface area contributed by atoms with Gasteiger partial charge in [-0.05, 0) is 44.4 Å². The fraction of sp³-hybridized carbons (Fsp3) is 0.417. The predicted molar refractivity (Wildman–Crippen MR) is 68.1 cm³/mol. The first-order chi connectivity index (χ1) is 7.45. The highest BCUT2D eigenvalue weighted by Crippen LogP contribution is 2.20. The van der Waals surface area contributed by atoms with Gasteiger partial charge in [0, 0.05) is 17.1 Å². The summed E-state index contributed by atoms with van der Waals surface area (Å²) in [7, 11) is 0. The minimum atomic E-state index is -0.791. The van der Waals surface area contributed by atoms with Crippen LogP contribution in [0.1, 0.15) is 13.8 Å². The van der Waals surface area contributed by atoms with Crippen molar-refractivity contribution in [1.82, 2.24) is 0 Å². The van der Waals surface area contributed by atoms with Crippen molar-refractivity contribution in [3.05, 3.63) is 24.3 Å². The van der Waals surface area contributed by atoms with E-state index in [4.69, 9.17) is 5.11 Å². The Morgan fingerprint density at radius 3 is 2.38 bits per heavy atom. The maximum atomic E-state index is 10.9. The third kappa shape index (κ3) is 3.45. The van der Waals surface area contributed by atoms with Crippen molar-refractivity contribution in [3.63, 3.8) is 0 Å². The number of nitrogens with one attached hydrogen (secondary N) is 1. The van der Waals surface area contributed by atoms with Crippen molar-refractivity contribution in [2.24, 2.45) is 5.41 Å². The number of hydrogen-bond donors (Lipinski definition) is 2. The molecular formula is C12H17NO2S. The molecule has 1 aromatic rings. The molecule has 0 aliphatic carbocycles. The van der Waals surface area contributed by atoms with Gasteiger partial charge in [0.25, 0.3) is 0 Å². The van der Waals surface area contributed by atoms with Gasteiger partial charge in [-0.15, -0.1) is 11.8 Å². The Morgan fingerprint density at radius 1 is 1.38 bits per heavy atom. The second kappa shape index (κ2) is 5.25. The monoisotopic (exact) mass is 239 g/mol. The first-order valence-corrected chi connectivity index (χ1v) is 6.29. The molecule has 88 valence electrons. The smallest absolute Gasteiger partial charge is 0.310 e. The number of benzene rings is 1. The van der Waals surface area contributed by atoms with E-state index >= 15 is 0 Å². The Balaban J connectivity index is 2.58. The first kappa shape index (κ1) is 12.9. The van der Waals surface area contributed by atoms with Crippen LogP contribution in [0.4, 0.5) is 5.69 Å². The lowest BCUT2D eigenvalue weighted by molar-refractivity contribution is -0.146. The van der Waals surface area contributed by atoms with Gasteiger partial charge in [0.15, 0.2) is 0 Å². The van der Waals surface area contributed by atoms with Crippen molar-refractivity contribution in [1.29, 1.82) is 0 Å². The number of carboxylic acid groups (broad SMARTS) is 1. The summed E-state index contributed by atoms with van der Waals surface area (Å²) < 4.78 is 0. The van der Waals surface area contributed by atoms with E-state index in [1.54, 1.807) is 25.6 Å². The Labute approximate surface area is 100 Å². The van der Waals surface area contributed by atoms with Crippen LogP contribution >= 0.6 is 11.8 Å². The molecule has 0 spiro atoms. The average Bonchev–Trinajstić information content (AvgIpc) is 2.27. The van der Waals surface area contributed by atoms with Crippen LogP contribution in [0.25, 0.3) is 0 Å². The van der Waals surface area contributed by atoms with E-state index in [2.05, 4.69) is 5.32 Å². The Morgan fingerprint density at radius 2 is 1.94 bits per heavy atom. The van der Waals surface area contributed by atoms with Crippen LogP contribution in [0, 0.1) is 5.41 Å². The van der Waals surface area contributed by atoms with Crippen molar-refractivity contribution in [2.75, 3.05) is 18.1 Å². The van der Waals surface area contributed by atoms with Gasteiger partial charge in [-0.25, -0.2) is 0 Å². The van der Waals surface area contributed by atoms with E-state index in [0.29, 0.717) is 6.54 Å². The number of rotatable bonds is 5. The van der Waals surface area contributed by atoms with E-state index in [0.717, 1.165) is 5.69 Å². The lowest BCUT2D eigenvalue weighted by Crippen LogP contribution is -2.31. The predicted octanol–water partition coefficient (Wildman–Crippen LogP) is 2.93. The SMILES string of the molecule is CSc1ccc(NCC(C)(C)C(=O)O)cc1. The summed E-state index contributed by atoms with van der Waals surface area (Å²) in [4.78, 5) is 12.1. The number of thioether (sulfide) groups is 1. The number of anilines is 1. The molecule has 0 amide bonds. The lowest BCUT2D eigenvalue weighted by atomic mass is 9.94. The quantitative estimate of drug-likeness (QED) is 0.776. The number of carbonyl (C=O) groups is 1. The molecule has 0 saturated carbocycles. The zero-order valence-electron chi connectivity index (χ0n) is 9.78. The molecule has 0 radical (unpaired) electrons. The van der Waals surface area contributed by atoms with Gasteiger partial charge in [-0.3, -0.25) is 4.79 Å². The first-order valence-electron chi connectivity index (χ1n) is 5.07. The summed E-state index contributed by atoms with van der Waals surface area (Å²) >= 11 is 1.68. The van der Waals surface area contributed by atoms with Gasteiger partial charge in [0.1, 0.15) is 0 Å². The molecule has 0 aliphatic heterocycles. The second-order valence-electron chi connectivity index (χ2n) is 4.27. The zero-order chi connectivity index (χ0) is 12.2. The van der Waals surface area contributed by atoms with E-state index in [-0.39, 0.29) is 0 Å². The molecule has 0 heterocycles. The highest BCUT2D eigenvalue weighted by Gasteiger charge is 2.26. The molecular weight excluding hydrogens is 222 g/mol. The van der Waals surface area contributed by atoms with Crippen LogP contribution in [0.15, 0.2) is 29.2 Å². The molecule has 4 heteroatoms. The molecule has 1 rings (SSSR count). The molecule has 0 saturated heterocycles. The molecule has 0 aliphatic rings. The summed E-state index contributed by atoms with van der Waals surface area (Å²) in [5.41, 5.74) is 0.199. The van der Waals surface area contributed by atoms with Crippen LogP contribution < -0.4 is 5.32 Å². The molecule has 3 nitrogen and oxygen atoms in total. The van der Waals surface area contributed by atoms with Crippen molar-refractivity contribution in [2.45, 2.75) is 18.7 Å². The molecule has 0 unspecified atom stereocenters. The van der Waals surface area contributed by atoms with E-state index in [1.807, 2.05) is 30.5 Å². The van der Waals surface area contributed by atoms with Gasteiger partial charge in [-0.1, -0.05) is 0 Å². The molecule has 2 N–H and O–H groups in total. The number of carboxylic acids is 1. The Hall–Kier alpha value is -1.16. The largest absolute Gasteiger partial charge is 0.481 e. The standard InChI is InChI=1S/C12H17NO2S/c1-12(2,11(14)15)8-13-9-4-6-10(16-3)7-5-9/h4-7,13H,8H2,1-3H3,(H,14,15). The summed E-state index contributed by atoms with van der Waals surface area (Å²) in [6, 6.07) is 7.95. The van der Waals surface area contributed by atoms with Gasteiger partial charge in [-0.2, -0.15) is 0 Å². The summed E-state index contributed by atoms with van der Waals surface area (Å²) in [6.07, 6.45) is 2.02. The van der Waals surface area contributed by atoms with Gasteiger partial charge >= 0.3 is 5.97 Å². The lowest BCUT2D eigenvalue weighted by Gasteiger charge is -2.20. The van der Waals surface area contributed by atoms with Crippen LogP contribution in [0.3, 0.4) is 0 Å². The molecule has 1 aromatic carbocycles. The van der Waals surface area contributed by atoms with E-state index in [9.17, 15) is 4.79 Å². The summed E-state index contributed by atoms with van der Waals surface area (Å²) in [5.74, 6) is -0.791. The van der Waals surface area contributed by atoms with Crippen LogP contribution in [0.5, 0.6) is 0 Å². The van der Waals surface area contributed by atoms with Crippen molar-refractivity contribution < 1.29 is 9.90 Å². The average molecular weight is 239 g/mol. The maximum absolute atomic E-state index is 10.9. The Kier molecular flexibility index (Phi) is 4.24. The van der Waals surface area contributed by atoms with E-state index in [1.165, 1.54) is 4.90 Å². The third-order valence-corrected chi connectivity index (χ3v) is 3.15. The Bertz CT molecular complexity index is 360. The second-order valence-corrected chi connectivity index (χ2v) is 5.15. The molecule has 0 aromatic heterocycles. The topological polar surface area (TPSA) is 49.3 Å². The van der Waals surface area contributed by atoms with Crippen LogP contribution in [-0.2, 0) is 4.79 Å². The maximum Gasteiger partial charge on any atom is 0.310 e. The highest BCUT2D eigenvalue weighted by atomic mass is 32.2. The van der Waals surface area contributed by atoms with Crippen LogP contribution in [0.2, 0.25) is 0 Å². The highest BCUT2D eigenvalue weighted by molar-refractivity contribution is 7.98. The summed E-state index contributed by atoms with van der Waals surface area (Å²) in [6.45, 7) is 3.83. The van der Waals surface area contributed by atoms with Gasteiger partial charge in [0.05, 0.1) is 5.41 Å². The normalized spacial score (nSPS) is 11.2. The number of hydrogen-bond acceptors (Lipinski definition) is 3. The number of aliphatic carboxylic acids is 1. The fourth-order valence-corrected chi connectivity index (χ4v) is 1.52. The minimum Gasteiger partial charge on any atom is -0.481 e. The van der Waals surface area contributed by atoms with Crippen LogP contribution in [-0.4, -0.2) is 23.9 Å². The van der Waals surface area contributed by atoms with E-state index < -0.39 is 11.4 Å². The minimum absolute atomic E-state index is 0.418. The molecule has 0 fully saturated rings. The summed E-state index contributed by atoms with van der Waals surface area (Å²) in [5, 5.41) is 12.1. The van der Waals surface area contributed by atoms with Gasteiger partial charge in [0.2, 0.25) is 0 Å². The van der Waals surface area contributed by atoms with Gasteiger partial charge < -0.3 is 10.4 Å². The molecule has 0 atom stereocenters. The van der Waals surface area contributed by atoms with Crippen molar-refractivity contribution >= 4 is 23.4 Å². The molecule has 16 heavy (non-hydrogen) atoms. The van der Waals surface area contributed by atoms with Crippen molar-refractivity contribution in [3.8, 4) is 0 Å².